The maximum Gasteiger partial charge on any atom is 0.269 e. The number of fused-ring (bicyclic) bond motifs is 2. The summed E-state index contributed by atoms with van der Waals surface area (Å²) in [6, 6.07) is 19.3. The van der Waals surface area contributed by atoms with E-state index in [-0.39, 0.29) is 37.2 Å². The average Bonchev–Trinajstić information content (AvgIpc) is 3.08. The minimum absolute atomic E-state index is 0.0393. The zero-order chi connectivity index (χ0) is 35.8. The van der Waals surface area contributed by atoms with E-state index in [0.29, 0.717) is 30.3 Å². The number of pyridine rings is 1. The number of aromatic nitrogens is 1. The van der Waals surface area contributed by atoms with Gasteiger partial charge in [-0.2, -0.15) is 0 Å². The van der Waals surface area contributed by atoms with Gasteiger partial charge in [-0.05, 0) is 69.6 Å². The molecule has 0 radical (unpaired) electrons. The van der Waals surface area contributed by atoms with Gasteiger partial charge in [0.15, 0.2) is 0 Å². The molecule has 2 heterocycles. The lowest BCUT2D eigenvalue weighted by atomic mass is 9.72. The summed E-state index contributed by atoms with van der Waals surface area (Å²) in [6.07, 6.45) is 4.39. The van der Waals surface area contributed by atoms with Crippen LogP contribution in [0.3, 0.4) is 0 Å². The number of amides is 4. The molecule has 6 atom stereocenters. The van der Waals surface area contributed by atoms with E-state index in [2.05, 4.69) is 25.8 Å². The van der Waals surface area contributed by atoms with Gasteiger partial charge in [0, 0.05) is 37.0 Å². The van der Waals surface area contributed by atoms with Gasteiger partial charge in [0.25, 0.3) is 5.91 Å². The minimum atomic E-state index is -1.00. The first-order valence-electron chi connectivity index (χ1n) is 17.9. The number of para-hydroxylation sites is 1. The van der Waals surface area contributed by atoms with E-state index in [9.17, 15) is 24.3 Å². The van der Waals surface area contributed by atoms with E-state index < -0.39 is 41.3 Å². The predicted molar refractivity (Wildman–Crippen MR) is 193 cm³/mol. The number of nitrogens with one attached hydrogen (secondary N) is 3. The molecule has 268 valence electrons. The number of hydrogen-bond acceptors (Lipinski definition) is 7. The molecule has 1 unspecified atom stereocenters. The van der Waals surface area contributed by atoms with Gasteiger partial charge in [0.1, 0.15) is 5.69 Å². The average molecular weight is 685 g/mol. The van der Waals surface area contributed by atoms with Crippen molar-refractivity contribution >= 4 is 34.5 Å². The lowest BCUT2D eigenvalue weighted by molar-refractivity contribution is -0.133. The first-order chi connectivity index (χ1) is 23.9. The number of carbonyl (C=O) groups excluding carboxylic acids is 4. The van der Waals surface area contributed by atoms with Crippen molar-refractivity contribution < 1.29 is 24.3 Å². The van der Waals surface area contributed by atoms with Crippen LogP contribution in [0.2, 0.25) is 0 Å². The molecule has 5 rings (SSSR count). The summed E-state index contributed by atoms with van der Waals surface area (Å²) in [5.74, 6) is -1.75. The van der Waals surface area contributed by atoms with Gasteiger partial charge in [-0.1, -0.05) is 73.9 Å². The highest BCUT2D eigenvalue weighted by atomic mass is 16.3. The Bertz CT molecular complexity index is 1640. The molecule has 1 aromatic heterocycles. The Balaban J connectivity index is 1.26. The second-order valence-corrected chi connectivity index (χ2v) is 15.1. The Morgan fingerprint density at radius 3 is 2.38 bits per heavy atom. The normalized spacial score (nSPS) is 21.3. The first-order valence-corrected chi connectivity index (χ1v) is 17.9. The molecule has 3 aromatic rings. The van der Waals surface area contributed by atoms with Crippen LogP contribution in [0.5, 0.6) is 0 Å². The minimum Gasteiger partial charge on any atom is -0.390 e. The smallest absolute Gasteiger partial charge is 0.269 e. The van der Waals surface area contributed by atoms with Crippen molar-refractivity contribution in [1.29, 1.82) is 0 Å². The van der Waals surface area contributed by atoms with Crippen LogP contribution in [0.15, 0.2) is 66.7 Å². The van der Waals surface area contributed by atoms with Crippen LogP contribution in [0, 0.1) is 17.8 Å². The quantitative estimate of drug-likeness (QED) is 0.184. The fourth-order valence-corrected chi connectivity index (χ4v) is 7.41. The highest BCUT2D eigenvalue weighted by Gasteiger charge is 2.42. The van der Waals surface area contributed by atoms with Crippen molar-refractivity contribution in [2.24, 2.45) is 23.5 Å². The third kappa shape index (κ3) is 10.1. The van der Waals surface area contributed by atoms with Gasteiger partial charge in [-0.25, -0.2) is 4.98 Å². The molecule has 4 amide bonds. The van der Waals surface area contributed by atoms with Gasteiger partial charge in [0.2, 0.25) is 17.7 Å². The molecule has 11 heteroatoms. The number of piperidine rings is 1. The van der Waals surface area contributed by atoms with E-state index in [4.69, 9.17) is 5.73 Å². The molecule has 0 bridgehead atoms. The molecule has 1 saturated carbocycles. The summed E-state index contributed by atoms with van der Waals surface area (Å²) in [6.45, 7) is 6.66. The molecule has 1 saturated heterocycles. The van der Waals surface area contributed by atoms with E-state index in [1.54, 1.807) is 12.1 Å². The second kappa shape index (κ2) is 16.6. The summed E-state index contributed by atoms with van der Waals surface area (Å²) < 4.78 is 0. The van der Waals surface area contributed by atoms with Gasteiger partial charge in [-0.3, -0.25) is 24.1 Å². The maximum absolute atomic E-state index is 13.6. The molecule has 6 N–H and O–H groups in total. The number of aliphatic hydroxyl groups is 1. The van der Waals surface area contributed by atoms with Crippen LogP contribution < -0.4 is 21.7 Å². The molecule has 11 nitrogen and oxygen atoms in total. The standard InChI is InChI=1S/C39H52N6O5/c1-39(2,3)44-38(50)33-20-27-14-7-8-15-28(27)23-45(33)24-34(46)32(19-25-11-5-4-6-12-25)43-35(47)21-29(36(40)48)22-41-37(49)31-18-17-26-13-9-10-16-30(26)42-31/h4-6,9-13,16-18,27-29,32-34,46H,7-8,14-15,19-24H2,1-3H3,(H2,40,48)(H,41,49)(H,43,47)(H,44,50)/t27-,28+,29?,32-,33-,34+/m0/s1. The summed E-state index contributed by atoms with van der Waals surface area (Å²) in [7, 11) is 0. The number of rotatable bonds is 13. The van der Waals surface area contributed by atoms with E-state index >= 15 is 0 Å². The summed E-state index contributed by atoms with van der Waals surface area (Å²) in [5, 5.41) is 21.5. The lowest BCUT2D eigenvalue weighted by Gasteiger charge is -2.47. The van der Waals surface area contributed by atoms with Crippen molar-refractivity contribution in [1.82, 2.24) is 25.8 Å². The molecule has 0 spiro atoms. The van der Waals surface area contributed by atoms with Crippen LogP contribution in [0.25, 0.3) is 10.9 Å². The number of hydrogen-bond donors (Lipinski definition) is 5. The third-order valence-corrected chi connectivity index (χ3v) is 10.0. The van der Waals surface area contributed by atoms with Crippen LogP contribution >= 0.6 is 0 Å². The molecule has 2 fully saturated rings. The van der Waals surface area contributed by atoms with Crippen molar-refractivity contribution in [2.75, 3.05) is 19.6 Å². The largest absolute Gasteiger partial charge is 0.390 e. The Hall–Kier alpha value is -4.35. The number of β-amino-alcohol motifs (C(OH)–C–C–N with tert-alkyl or cyclic N) is 1. The summed E-state index contributed by atoms with van der Waals surface area (Å²) in [5.41, 5.74) is 7.07. The maximum atomic E-state index is 13.6. The number of primary amides is 1. The predicted octanol–water partition coefficient (Wildman–Crippen LogP) is 3.34. The molecule has 2 aliphatic rings. The van der Waals surface area contributed by atoms with Crippen LogP contribution in [0.1, 0.15) is 75.3 Å². The van der Waals surface area contributed by atoms with E-state index in [1.165, 1.54) is 12.8 Å². The number of benzene rings is 2. The highest BCUT2D eigenvalue weighted by Crippen LogP contribution is 2.39. The molecule has 2 aromatic carbocycles. The Labute approximate surface area is 294 Å². The number of nitrogens with zero attached hydrogens (tertiary/aromatic N) is 2. The first kappa shape index (κ1) is 36.9. The number of nitrogens with two attached hydrogens (primary N) is 1. The van der Waals surface area contributed by atoms with Crippen LogP contribution in [-0.4, -0.2) is 82.0 Å². The SMILES string of the molecule is CC(C)(C)NC(=O)[C@@H]1C[C@@H]2CCCC[C@@H]2CN1C[C@@H](O)[C@H](Cc1ccccc1)NC(=O)CC(CNC(=O)c1ccc2ccccc2n1)C(N)=O. The Morgan fingerprint density at radius 1 is 0.960 bits per heavy atom. The van der Waals surface area contributed by atoms with Gasteiger partial charge in [0.05, 0.1) is 29.6 Å². The molecule has 1 aliphatic carbocycles. The number of carbonyl (C=O) groups is 4. The molecular weight excluding hydrogens is 632 g/mol. The van der Waals surface area contributed by atoms with Gasteiger partial charge in [-0.15, -0.1) is 0 Å². The second-order valence-electron chi connectivity index (χ2n) is 15.1. The Kier molecular flexibility index (Phi) is 12.2. The lowest BCUT2D eigenvalue weighted by Crippen LogP contribution is -2.60. The number of aliphatic hydroxyl groups excluding tert-OH is 1. The summed E-state index contributed by atoms with van der Waals surface area (Å²) in [4.78, 5) is 58.9. The zero-order valence-electron chi connectivity index (χ0n) is 29.4. The Morgan fingerprint density at radius 2 is 1.66 bits per heavy atom. The van der Waals surface area contributed by atoms with Gasteiger partial charge >= 0.3 is 0 Å². The molecule has 1 aliphatic heterocycles. The highest BCUT2D eigenvalue weighted by molar-refractivity contribution is 5.95. The fraction of sp³-hybridized carbons (Fsp3) is 0.513. The van der Waals surface area contributed by atoms with Crippen LogP contribution in [-0.2, 0) is 20.8 Å². The van der Waals surface area contributed by atoms with Crippen molar-refractivity contribution in [3.8, 4) is 0 Å². The fourth-order valence-electron chi connectivity index (χ4n) is 7.41. The van der Waals surface area contributed by atoms with E-state index in [1.807, 2.05) is 75.4 Å². The van der Waals surface area contributed by atoms with E-state index in [0.717, 1.165) is 30.2 Å². The van der Waals surface area contributed by atoms with Crippen molar-refractivity contribution in [2.45, 2.75) is 89.4 Å². The molecule has 50 heavy (non-hydrogen) atoms. The van der Waals surface area contributed by atoms with Crippen LogP contribution in [0.4, 0.5) is 0 Å². The zero-order valence-corrected chi connectivity index (χ0v) is 29.4. The topological polar surface area (TPSA) is 167 Å². The third-order valence-electron chi connectivity index (χ3n) is 10.0. The van der Waals surface area contributed by atoms with Crippen molar-refractivity contribution in [3.63, 3.8) is 0 Å². The monoisotopic (exact) mass is 684 g/mol. The number of likely N-dealkylation sites (tertiary alicyclic amines) is 1. The molecular formula is C39H52N6O5. The van der Waals surface area contributed by atoms with Crippen molar-refractivity contribution in [3.05, 3.63) is 78.0 Å². The van der Waals surface area contributed by atoms with Gasteiger partial charge < -0.3 is 26.8 Å². The summed E-state index contributed by atoms with van der Waals surface area (Å²) >= 11 is 0.